The van der Waals surface area contributed by atoms with E-state index in [1.165, 1.54) is 0 Å². The average molecular weight is 682 g/mol. The molecule has 1 saturated heterocycles. The zero-order valence-corrected chi connectivity index (χ0v) is 29.0. The summed E-state index contributed by atoms with van der Waals surface area (Å²) in [5.41, 5.74) is 5.91. The molecule has 0 unspecified atom stereocenters. The van der Waals surface area contributed by atoms with Gasteiger partial charge in [-0.05, 0) is 74.1 Å². The van der Waals surface area contributed by atoms with Gasteiger partial charge in [0.05, 0.1) is 68.8 Å². The third kappa shape index (κ3) is 7.47. The maximum Gasteiger partial charge on any atom is 0.339 e. The fourth-order valence-corrected chi connectivity index (χ4v) is 6.49. The topological polar surface area (TPSA) is 118 Å². The van der Waals surface area contributed by atoms with Gasteiger partial charge < -0.3 is 38.6 Å². The normalized spacial score (nSPS) is 15.0. The maximum atomic E-state index is 13.9. The third-order valence-electron chi connectivity index (χ3n) is 8.74. The number of hydrogen-bond donors (Lipinski definition) is 1. The molecule has 1 aliphatic heterocycles. The second-order valence-electron chi connectivity index (χ2n) is 11.9. The van der Waals surface area contributed by atoms with E-state index in [-0.39, 0.29) is 0 Å². The van der Waals surface area contributed by atoms with E-state index in [1.807, 2.05) is 62.4 Å². The van der Waals surface area contributed by atoms with Gasteiger partial charge in [0.1, 0.15) is 11.5 Å². The van der Waals surface area contributed by atoms with Crippen molar-refractivity contribution >= 4 is 45.8 Å². The number of aromatic nitrogens is 1. The van der Waals surface area contributed by atoms with E-state index < -0.39 is 18.5 Å². The Morgan fingerprint density at radius 1 is 0.900 bits per heavy atom. The first-order chi connectivity index (χ1) is 24.4. The number of morpholine rings is 1. The second kappa shape index (κ2) is 15.9. The molecule has 0 saturated carbocycles. The third-order valence-corrected chi connectivity index (χ3v) is 8.74. The number of allylic oxidation sites excluding steroid dienone is 1. The summed E-state index contributed by atoms with van der Waals surface area (Å²) in [5, 5.41) is 3.56. The van der Waals surface area contributed by atoms with Crippen molar-refractivity contribution in [3.63, 3.8) is 0 Å². The second-order valence-corrected chi connectivity index (χ2v) is 11.9. The number of carbonyl (C=O) groups excluding carboxylic acids is 2. The van der Waals surface area contributed by atoms with E-state index in [1.54, 1.807) is 20.3 Å². The van der Waals surface area contributed by atoms with Gasteiger partial charge >= 0.3 is 5.97 Å². The monoisotopic (exact) mass is 681 g/mol. The van der Waals surface area contributed by atoms with Gasteiger partial charge in [0.15, 0.2) is 18.1 Å². The number of para-hydroxylation sites is 1. The largest absolute Gasteiger partial charge is 0.493 e. The lowest BCUT2D eigenvalue weighted by atomic mass is 9.86. The van der Waals surface area contributed by atoms with Crippen LogP contribution < -0.4 is 29.2 Å². The number of hydrogen-bond acceptors (Lipinski definition) is 10. The Kier molecular flexibility index (Phi) is 11.0. The van der Waals surface area contributed by atoms with Crippen molar-refractivity contribution in [1.29, 1.82) is 0 Å². The van der Waals surface area contributed by atoms with Gasteiger partial charge in [-0.3, -0.25) is 4.79 Å². The zero-order valence-electron chi connectivity index (χ0n) is 29.0. The Morgan fingerprint density at radius 2 is 1.66 bits per heavy atom. The van der Waals surface area contributed by atoms with Crippen LogP contribution in [0.25, 0.3) is 22.6 Å². The Hall–Kier alpha value is -5.29. The van der Waals surface area contributed by atoms with E-state index in [9.17, 15) is 9.59 Å². The number of rotatable bonds is 12. The Morgan fingerprint density at radius 3 is 2.42 bits per heavy atom. The number of esters is 1. The van der Waals surface area contributed by atoms with Gasteiger partial charge in [-0.1, -0.05) is 24.3 Å². The molecule has 11 nitrogen and oxygen atoms in total. The van der Waals surface area contributed by atoms with Gasteiger partial charge in [-0.2, -0.15) is 0 Å². The lowest BCUT2D eigenvalue weighted by molar-refractivity contribution is -0.119. The minimum Gasteiger partial charge on any atom is -0.493 e. The van der Waals surface area contributed by atoms with Gasteiger partial charge in [0, 0.05) is 30.6 Å². The smallest absolute Gasteiger partial charge is 0.339 e. The van der Waals surface area contributed by atoms with Gasteiger partial charge in [0.25, 0.3) is 5.91 Å². The molecule has 1 amide bonds. The summed E-state index contributed by atoms with van der Waals surface area (Å²) in [5.74, 6) is 1.32. The van der Waals surface area contributed by atoms with Crippen LogP contribution in [0, 0.1) is 0 Å². The summed E-state index contributed by atoms with van der Waals surface area (Å²) in [6.45, 7) is 6.82. The highest BCUT2D eigenvalue weighted by Crippen LogP contribution is 2.40. The van der Waals surface area contributed by atoms with E-state index in [4.69, 9.17) is 33.4 Å². The lowest BCUT2D eigenvalue weighted by Crippen LogP contribution is -2.36. The first-order valence-corrected chi connectivity index (χ1v) is 17.0. The summed E-state index contributed by atoms with van der Waals surface area (Å²) >= 11 is 0. The molecule has 1 fully saturated rings. The predicted octanol–water partition coefficient (Wildman–Crippen LogP) is 6.56. The van der Waals surface area contributed by atoms with Crippen molar-refractivity contribution in [3.8, 4) is 23.0 Å². The quantitative estimate of drug-likeness (QED) is 0.165. The summed E-state index contributed by atoms with van der Waals surface area (Å²) in [6, 6.07) is 16.9. The van der Waals surface area contributed by atoms with Crippen molar-refractivity contribution in [2.45, 2.75) is 33.1 Å². The standard InChI is InChI=1S/C39H43N3O8/c1-5-48-33-23-31(42-16-18-47-19-17-42)34(49-6-2)22-30(33)40-36(43)24-50-39(44)37-27-11-7-8-13-29(27)41-38-26(10-9-12-28(37)38)20-25-14-15-32(45-3)35(21-25)46-4/h7-8,11,13-15,20-23H,5-6,9-10,12,16-19,24H2,1-4H3,(H,40,43)/b26-20+. The van der Waals surface area contributed by atoms with Crippen LogP contribution >= 0.6 is 0 Å². The highest BCUT2D eigenvalue weighted by atomic mass is 16.5. The number of pyridine rings is 1. The lowest BCUT2D eigenvalue weighted by Gasteiger charge is -2.31. The van der Waals surface area contributed by atoms with Crippen molar-refractivity contribution in [1.82, 2.24) is 4.98 Å². The van der Waals surface area contributed by atoms with Crippen molar-refractivity contribution in [3.05, 3.63) is 77.0 Å². The summed E-state index contributed by atoms with van der Waals surface area (Å²) in [7, 11) is 3.21. The number of fused-ring (bicyclic) bond motifs is 2. The highest BCUT2D eigenvalue weighted by molar-refractivity contribution is 6.07. The predicted molar refractivity (Wildman–Crippen MR) is 193 cm³/mol. The van der Waals surface area contributed by atoms with Crippen LogP contribution in [-0.2, 0) is 20.7 Å². The van der Waals surface area contributed by atoms with Gasteiger partial charge in [-0.25, -0.2) is 9.78 Å². The first-order valence-electron chi connectivity index (χ1n) is 17.0. The van der Waals surface area contributed by atoms with Crippen molar-refractivity contribution in [2.75, 3.05) is 70.6 Å². The van der Waals surface area contributed by atoms with Crippen LogP contribution in [0.2, 0.25) is 0 Å². The molecule has 6 rings (SSSR count). The van der Waals surface area contributed by atoms with Crippen molar-refractivity contribution < 1.29 is 38.0 Å². The first kappa shape index (κ1) is 34.6. The van der Waals surface area contributed by atoms with E-state index in [2.05, 4.69) is 16.3 Å². The fraction of sp³-hybridized carbons (Fsp3) is 0.359. The van der Waals surface area contributed by atoms with E-state index in [0.29, 0.717) is 91.1 Å². The Bertz CT molecular complexity index is 1900. The molecular weight excluding hydrogens is 638 g/mol. The van der Waals surface area contributed by atoms with Crippen LogP contribution in [-0.4, -0.2) is 77.2 Å². The number of ether oxygens (including phenoxy) is 6. The molecular formula is C39H43N3O8. The number of benzene rings is 3. The summed E-state index contributed by atoms with van der Waals surface area (Å²) in [4.78, 5) is 34.4. The number of amides is 1. The molecule has 0 radical (unpaired) electrons. The summed E-state index contributed by atoms with van der Waals surface area (Å²) < 4.78 is 34.0. The minimum atomic E-state index is -0.579. The maximum absolute atomic E-state index is 13.9. The van der Waals surface area contributed by atoms with Crippen LogP contribution in [0.4, 0.5) is 11.4 Å². The molecule has 11 heteroatoms. The number of methoxy groups -OCH3 is 2. The number of nitrogens with one attached hydrogen (secondary N) is 1. The molecule has 262 valence electrons. The molecule has 2 heterocycles. The molecule has 1 N–H and O–H groups in total. The van der Waals surface area contributed by atoms with Crippen molar-refractivity contribution in [2.24, 2.45) is 0 Å². The van der Waals surface area contributed by atoms with E-state index >= 15 is 0 Å². The number of nitrogens with zero attached hydrogens (tertiary/aromatic N) is 2. The average Bonchev–Trinajstić information content (AvgIpc) is 3.14. The van der Waals surface area contributed by atoms with Crippen LogP contribution in [0.1, 0.15) is 53.9 Å². The zero-order chi connectivity index (χ0) is 35.0. The van der Waals surface area contributed by atoms with E-state index in [0.717, 1.165) is 40.9 Å². The molecule has 0 spiro atoms. The highest BCUT2D eigenvalue weighted by Gasteiger charge is 2.27. The molecule has 3 aromatic carbocycles. The fourth-order valence-electron chi connectivity index (χ4n) is 6.49. The number of anilines is 2. The molecule has 0 atom stereocenters. The summed E-state index contributed by atoms with van der Waals surface area (Å²) in [6.07, 6.45) is 4.34. The molecule has 0 bridgehead atoms. The van der Waals surface area contributed by atoms with Gasteiger partial charge in [-0.15, -0.1) is 0 Å². The number of carbonyl (C=O) groups is 2. The molecule has 1 aromatic heterocycles. The SMILES string of the molecule is CCOc1cc(N2CCOCC2)c(OCC)cc1NC(=O)COC(=O)c1c2c(nc3ccccc13)/C(=C/c1ccc(OC)c(OC)c1)CCC2. The molecule has 2 aliphatic rings. The molecule has 4 aromatic rings. The van der Waals surface area contributed by atoms with Crippen LogP contribution in [0.5, 0.6) is 23.0 Å². The van der Waals surface area contributed by atoms with Crippen LogP contribution in [0.15, 0.2) is 54.6 Å². The Labute approximate surface area is 292 Å². The molecule has 50 heavy (non-hydrogen) atoms. The minimum absolute atomic E-state index is 0.400. The Balaban J connectivity index is 1.26. The van der Waals surface area contributed by atoms with Gasteiger partial charge in [0.2, 0.25) is 0 Å². The van der Waals surface area contributed by atoms with Crippen LogP contribution in [0.3, 0.4) is 0 Å². The molecule has 1 aliphatic carbocycles.